The van der Waals surface area contributed by atoms with Crippen LogP contribution in [0.4, 0.5) is 17.2 Å². The fraction of sp³-hybridized carbons (Fsp3) is 0.400. The van der Waals surface area contributed by atoms with Crippen LogP contribution in [0.25, 0.3) is 0 Å². The molecule has 1 aliphatic rings. The van der Waals surface area contributed by atoms with Gasteiger partial charge in [0, 0.05) is 32.4 Å². The molecule has 1 atom stereocenters. The molecule has 0 spiro atoms. The number of aryl methyl sites for hydroxylation is 2. The number of nitrogens with one attached hydrogen (secondary N) is 2. The van der Waals surface area contributed by atoms with Gasteiger partial charge in [-0.1, -0.05) is 17.7 Å². The van der Waals surface area contributed by atoms with Gasteiger partial charge in [-0.3, -0.25) is 9.48 Å². The van der Waals surface area contributed by atoms with Crippen LogP contribution in [0.2, 0.25) is 5.02 Å². The van der Waals surface area contributed by atoms with Gasteiger partial charge < -0.3 is 25.4 Å². The minimum atomic E-state index is -0.279. The first kappa shape index (κ1) is 24.8. The summed E-state index contributed by atoms with van der Waals surface area (Å²) in [5.74, 6) is 1.05. The van der Waals surface area contributed by atoms with Crippen molar-refractivity contribution in [1.82, 2.24) is 14.8 Å². The molecule has 0 aliphatic carbocycles. The summed E-state index contributed by atoms with van der Waals surface area (Å²) in [6.45, 7) is 5.09. The zero-order valence-electron chi connectivity index (χ0n) is 20.4. The molecule has 1 saturated heterocycles. The smallest absolute Gasteiger partial charge is 0.259 e. The predicted octanol–water partition coefficient (Wildman–Crippen LogP) is 3.92. The molecule has 0 bridgehead atoms. The van der Waals surface area contributed by atoms with Crippen LogP contribution in [0.15, 0.2) is 30.5 Å². The summed E-state index contributed by atoms with van der Waals surface area (Å²) >= 11 is 6.29. The molecule has 1 aromatic carbocycles. The highest BCUT2D eigenvalue weighted by atomic mass is 35.5. The quantitative estimate of drug-likeness (QED) is 0.432. The van der Waals surface area contributed by atoms with Crippen molar-refractivity contribution in [2.45, 2.75) is 39.3 Å². The molecule has 35 heavy (non-hydrogen) atoms. The molecule has 3 N–H and O–H groups in total. The van der Waals surface area contributed by atoms with E-state index in [4.69, 9.17) is 16.3 Å². The van der Waals surface area contributed by atoms with Crippen LogP contribution in [0.1, 0.15) is 40.2 Å². The van der Waals surface area contributed by atoms with Gasteiger partial charge in [-0.05, 0) is 44.4 Å². The number of carbonyl (C=O) groups excluding carboxylic acids is 1. The van der Waals surface area contributed by atoms with Crippen LogP contribution >= 0.6 is 11.6 Å². The average molecular weight is 499 g/mol. The minimum Gasteiger partial charge on any atom is -0.495 e. The van der Waals surface area contributed by atoms with E-state index in [9.17, 15) is 9.90 Å². The zero-order valence-corrected chi connectivity index (χ0v) is 21.2. The highest BCUT2D eigenvalue weighted by Crippen LogP contribution is 2.30. The van der Waals surface area contributed by atoms with E-state index in [0.717, 1.165) is 42.2 Å². The fourth-order valence-electron chi connectivity index (χ4n) is 4.41. The molecule has 2 aromatic heterocycles. The number of aliphatic hydroxyl groups is 1. The van der Waals surface area contributed by atoms with Gasteiger partial charge in [0.2, 0.25) is 0 Å². The molecule has 1 amide bonds. The molecule has 186 valence electrons. The highest BCUT2D eigenvalue weighted by Gasteiger charge is 2.26. The van der Waals surface area contributed by atoms with Crippen molar-refractivity contribution in [2.75, 3.05) is 35.8 Å². The molecular formula is C25H31ClN6O3. The summed E-state index contributed by atoms with van der Waals surface area (Å²) in [6.07, 6.45) is 3.48. The molecule has 4 rings (SSSR count). The first-order valence-electron chi connectivity index (χ1n) is 11.6. The monoisotopic (exact) mass is 498 g/mol. The van der Waals surface area contributed by atoms with Crippen molar-refractivity contribution < 1.29 is 14.6 Å². The van der Waals surface area contributed by atoms with Gasteiger partial charge in [0.05, 0.1) is 53.1 Å². The van der Waals surface area contributed by atoms with Crippen molar-refractivity contribution in [3.8, 4) is 5.75 Å². The van der Waals surface area contributed by atoms with Gasteiger partial charge in [-0.2, -0.15) is 5.10 Å². The fourth-order valence-corrected chi connectivity index (χ4v) is 4.69. The molecule has 9 nitrogen and oxygen atoms in total. The van der Waals surface area contributed by atoms with E-state index >= 15 is 0 Å². The molecule has 3 aromatic rings. The van der Waals surface area contributed by atoms with E-state index in [2.05, 4.69) is 25.6 Å². The second-order valence-corrected chi connectivity index (χ2v) is 9.11. The number of methoxy groups -OCH3 is 1. The van der Waals surface area contributed by atoms with Crippen LogP contribution in [0, 0.1) is 13.8 Å². The van der Waals surface area contributed by atoms with Crippen LogP contribution in [-0.2, 0) is 13.6 Å². The normalized spacial score (nSPS) is 15.4. The number of pyridine rings is 1. The zero-order chi connectivity index (χ0) is 25.1. The molecular weight excluding hydrogens is 468 g/mol. The van der Waals surface area contributed by atoms with E-state index in [1.54, 1.807) is 18.0 Å². The number of rotatable bonds is 8. The Morgan fingerprint density at radius 3 is 2.77 bits per heavy atom. The number of hydrogen-bond acceptors (Lipinski definition) is 7. The third-order valence-electron chi connectivity index (χ3n) is 6.46. The maximum Gasteiger partial charge on any atom is 0.259 e. The van der Waals surface area contributed by atoms with Gasteiger partial charge in [0.1, 0.15) is 11.6 Å². The number of amides is 1. The Labute approximate surface area is 210 Å². The molecule has 10 heteroatoms. The van der Waals surface area contributed by atoms with E-state index in [-0.39, 0.29) is 18.6 Å². The Morgan fingerprint density at radius 1 is 1.31 bits per heavy atom. The molecule has 0 radical (unpaired) electrons. The van der Waals surface area contributed by atoms with Crippen molar-refractivity contribution in [3.05, 3.63) is 58.0 Å². The second-order valence-electron chi connectivity index (χ2n) is 8.71. The number of halogens is 1. The standard InChI is InChI=1S/C25H31ClN6O3/c1-15-24(16(2)31(3)30-15)29-25(34)19-13-28-23(32-9-5-6-18(32)14-33)11-21(19)27-12-17-7-8-22(35-4)20(26)10-17/h7-8,10-11,13,18,33H,5-6,9,12,14H2,1-4H3,(H,27,28)(H,29,34)/t18-/m0/s1. The number of benzene rings is 1. The van der Waals surface area contributed by atoms with Crippen LogP contribution in [0.3, 0.4) is 0 Å². The van der Waals surface area contributed by atoms with Crippen LogP contribution in [-0.4, -0.2) is 52.1 Å². The number of aromatic nitrogens is 3. The number of anilines is 3. The van der Waals surface area contributed by atoms with E-state index in [1.165, 1.54) is 0 Å². The van der Waals surface area contributed by atoms with Crippen molar-refractivity contribution >= 4 is 34.7 Å². The van der Waals surface area contributed by atoms with E-state index < -0.39 is 0 Å². The summed E-state index contributed by atoms with van der Waals surface area (Å²) in [6, 6.07) is 7.46. The number of aliphatic hydroxyl groups excluding tert-OH is 1. The maximum absolute atomic E-state index is 13.3. The van der Waals surface area contributed by atoms with E-state index in [0.29, 0.717) is 34.3 Å². The lowest BCUT2D eigenvalue weighted by atomic mass is 10.1. The van der Waals surface area contributed by atoms with Gasteiger partial charge in [0.15, 0.2) is 0 Å². The Hall–Kier alpha value is -3.30. The number of carbonyl (C=O) groups is 1. The van der Waals surface area contributed by atoms with Gasteiger partial charge in [0.25, 0.3) is 5.91 Å². The number of ether oxygens (including phenoxy) is 1. The van der Waals surface area contributed by atoms with Crippen molar-refractivity contribution in [1.29, 1.82) is 0 Å². The Morgan fingerprint density at radius 2 is 2.11 bits per heavy atom. The molecule has 1 fully saturated rings. The third kappa shape index (κ3) is 5.21. The molecule has 1 aliphatic heterocycles. The Balaban J connectivity index is 1.64. The third-order valence-corrected chi connectivity index (χ3v) is 6.76. The predicted molar refractivity (Wildman–Crippen MR) is 138 cm³/mol. The largest absolute Gasteiger partial charge is 0.495 e. The topological polar surface area (TPSA) is 105 Å². The first-order chi connectivity index (χ1) is 16.8. The van der Waals surface area contributed by atoms with Gasteiger partial charge >= 0.3 is 0 Å². The number of nitrogens with zero attached hydrogens (tertiary/aromatic N) is 4. The first-order valence-corrected chi connectivity index (χ1v) is 12.0. The minimum absolute atomic E-state index is 0.0242. The van der Waals surface area contributed by atoms with E-state index in [1.807, 2.05) is 45.2 Å². The number of hydrogen-bond donors (Lipinski definition) is 3. The Bertz CT molecular complexity index is 1230. The maximum atomic E-state index is 13.3. The summed E-state index contributed by atoms with van der Waals surface area (Å²) in [5.41, 5.74) is 4.29. The molecule has 0 unspecified atom stereocenters. The van der Waals surface area contributed by atoms with Crippen LogP contribution in [0.5, 0.6) is 5.75 Å². The Kier molecular flexibility index (Phi) is 7.47. The average Bonchev–Trinajstić information content (AvgIpc) is 3.42. The summed E-state index contributed by atoms with van der Waals surface area (Å²) in [4.78, 5) is 20.0. The highest BCUT2D eigenvalue weighted by molar-refractivity contribution is 6.32. The van der Waals surface area contributed by atoms with Gasteiger partial charge in [-0.25, -0.2) is 4.98 Å². The molecule has 0 saturated carbocycles. The SMILES string of the molecule is COc1ccc(CNc2cc(N3CCC[C@H]3CO)ncc2C(=O)Nc2c(C)nn(C)c2C)cc1Cl. The van der Waals surface area contributed by atoms with Crippen LogP contribution < -0.4 is 20.3 Å². The summed E-state index contributed by atoms with van der Waals surface area (Å²) < 4.78 is 6.98. The lowest BCUT2D eigenvalue weighted by Crippen LogP contribution is -2.33. The lowest BCUT2D eigenvalue weighted by molar-refractivity contribution is 0.102. The molecule has 3 heterocycles. The van der Waals surface area contributed by atoms with Crippen molar-refractivity contribution in [3.63, 3.8) is 0 Å². The summed E-state index contributed by atoms with van der Waals surface area (Å²) in [7, 11) is 3.42. The summed E-state index contributed by atoms with van der Waals surface area (Å²) in [5, 5.41) is 21.0. The van der Waals surface area contributed by atoms with Gasteiger partial charge in [-0.15, -0.1) is 0 Å². The van der Waals surface area contributed by atoms with Crippen molar-refractivity contribution in [2.24, 2.45) is 7.05 Å². The second kappa shape index (κ2) is 10.5. The lowest BCUT2D eigenvalue weighted by Gasteiger charge is -2.25.